The zero-order chi connectivity index (χ0) is 22.4. The Morgan fingerprint density at radius 1 is 1.07 bits per heavy atom. The molecule has 0 atom stereocenters. The van der Waals surface area contributed by atoms with Crippen LogP contribution in [0.4, 0.5) is 10.5 Å². The molecule has 0 saturated carbocycles. The average molecular weight is 436 g/mol. The topological polar surface area (TPSA) is 125 Å². The summed E-state index contributed by atoms with van der Waals surface area (Å²) in [5, 5.41) is 11.3. The van der Waals surface area contributed by atoms with Crippen molar-refractivity contribution in [2.75, 3.05) is 11.9 Å². The number of hydrogen-bond donors (Lipinski definition) is 3. The highest BCUT2D eigenvalue weighted by Crippen LogP contribution is 2.22. The maximum atomic E-state index is 13.2. The van der Waals surface area contributed by atoms with Crippen molar-refractivity contribution in [3.8, 4) is 0 Å². The van der Waals surface area contributed by atoms with Gasteiger partial charge >= 0.3 is 6.09 Å². The molecule has 0 radical (unpaired) electrons. The lowest BCUT2D eigenvalue weighted by molar-refractivity contribution is -0.129. The second-order valence-electron chi connectivity index (χ2n) is 7.45. The van der Waals surface area contributed by atoms with E-state index in [-0.39, 0.29) is 17.1 Å². The number of carbonyl (C=O) groups excluding carboxylic acids is 2. The van der Waals surface area contributed by atoms with Crippen molar-refractivity contribution < 1.29 is 28.0 Å². The number of hydroxylamine groups is 1. The largest absolute Gasteiger partial charge is 0.444 e. The molecule has 0 aliphatic heterocycles. The molecular weight excluding hydrogens is 410 g/mol. The molecule has 0 fully saturated rings. The molecule has 2 amide bonds. The van der Waals surface area contributed by atoms with Crippen molar-refractivity contribution in [3.05, 3.63) is 60.2 Å². The van der Waals surface area contributed by atoms with Crippen LogP contribution in [-0.2, 0) is 26.1 Å². The smallest absolute Gasteiger partial charge is 0.412 e. The van der Waals surface area contributed by atoms with E-state index in [9.17, 15) is 18.0 Å². The Bertz CT molecular complexity index is 987. The molecule has 3 N–H and O–H groups in total. The summed E-state index contributed by atoms with van der Waals surface area (Å²) in [4.78, 5) is 23.5. The van der Waals surface area contributed by atoms with Crippen LogP contribution >= 0.6 is 0 Å². The molecule has 0 spiro atoms. The summed E-state index contributed by atoms with van der Waals surface area (Å²) in [5.74, 6) is -0.877. The fourth-order valence-corrected chi connectivity index (χ4v) is 3.94. The summed E-state index contributed by atoms with van der Waals surface area (Å²) in [6, 6.07) is 14.3. The van der Waals surface area contributed by atoms with E-state index < -0.39 is 34.2 Å². The third-order valence-electron chi connectivity index (χ3n) is 3.76. The van der Waals surface area contributed by atoms with E-state index >= 15 is 0 Å². The molecule has 10 heteroatoms. The van der Waals surface area contributed by atoms with Crippen molar-refractivity contribution in [1.29, 1.82) is 0 Å². The molecule has 0 bridgehead atoms. The lowest BCUT2D eigenvalue weighted by Crippen LogP contribution is -2.39. The molecule has 162 valence electrons. The molecule has 9 nitrogen and oxygen atoms in total. The number of nitrogens with one attached hydrogen (secondary N) is 2. The third kappa shape index (κ3) is 6.83. The van der Waals surface area contributed by atoms with Crippen LogP contribution in [0.2, 0.25) is 0 Å². The molecule has 0 aliphatic rings. The van der Waals surface area contributed by atoms with Gasteiger partial charge in [-0.15, -0.1) is 0 Å². The van der Waals surface area contributed by atoms with Gasteiger partial charge in [0.25, 0.3) is 5.91 Å². The van der Waals surface area contributed by atoms with Crippen LogP contribution in [0, 0.1) is 0 Å². The lowest BCUT2D eigenvalue weighted by Gasteiger charge is -2.22. The van der Waals surface area contributed by atoms with Crippen LogP contribution in [0.15, 0.2) is 59.5 Å². The summed E-state index contributed by atoms with van der Waals surface area (Å²) < 4.78 is 32.5. The number of ether oxygens (including phenoxy) is 1. The predicted octanol–water partition coefficient (Wildman–Crippen LogP) is 2.73. The van der Waals surface area contributed by atoms with E-state index in [1.54, 1.807) is 51.1 Å². The summed E-state index contributed by atoms with van der Waals surface area (Å²) in [5.41, 5.74) is 1.62. The first-order valence-corrected chi connectivity index (χ1v) is 10.5. The number of hydrogen-bond acceptors (Lipinski definition) is 6. The van der Waals surface area contributed by atoms with Crippen LogP contribution in [0.3, 0.4) is 0 Å². The Morgan fingerprint density at radius 3 is 2.33 bits per heavy atom. The van der Waals surface area contributed by atoms with Gasteiger partial charge < -0.3 is 4.74 Å². The number of anilines is 1. The normalized spacial score (nSPS) is 11.8. The average Bonchev–Trinajstić information content (AvgIpc) is 2.66. The second kappa shape index (κ2) is 9.70. The van der Waals surface area contributed by atoms with Gasteiger partial charge in [0, 0.05) is 12.2 Å². The number of nitrogens with zero attached hydrogens (tertiary/aromatic N) is 1. The fourth-order valence-electron chi connectivity index (χ4n) is 2.51. The summed E-state index contributed by atoms with van der Waals surface area (Å²) in [7, 11) is -4.13. The standard InChI is InChI=1S/C20H25N3O6S/c1-20(2,3)29-19(25)21-16-10-7-11-17(12-16)30(27,28)23(14-18(24)22-26)13-15-8-5-4-6-9-15/h4-12,26H,13-14H2,1-3H3,(H,21,25)(H,22,24). The molecule has 30 heavy (non-hydrogen) atoms. The van der Waals surface area contributed by atoms with Crippen LogP contribution in [0.5, 0.6) is 0 Å². The zero-order valence-corrected chi connectivity index (χ0v) is 17.8. The maximum absolute atomic E-state index is 13.2. The molecule has 0 aliphatic carbocycles. The molecular formula is C20H25N3O6S. The van der Waals surface area contributed by atoms with Crippen molar-refractivity contribution in [1.82, 2.24) is 9.79 Å². The van der Waals surface area contributed by atoms with E-state index in [0.29, 0.717) is 5.56 Å². The molecule has 2 aromatic rings. The first-order chi connectivity index (χ1) is 14.0. The predicted molar refractivity (Wildman–Crippen MR) is 110 cm³/mol. The van der Waals surface area contributed by atoms with Gasteiger partial charge in [-0.25, -0.2) is 18.7 Å². The van der Waals surface area contributed by atoms with E-state index in [0.717, 1.165) is 4.31 Å². The van der Waals surface area contributed by atoms with Gasteiger partial charge in [0.15, 0.2) is 0 Å². The quantitative estimate of drug-likeness (QED) is 0.454. The monoisotopic (exact) mass is 435 g/mol. The Hall–Kier alpha value is -2.95. The SMILES string of the molecule is CC(C)(C)OC(=O)Nc1cccc(S(=O)(=O)N(CC(=O)NO)Cc2ccccc2)c1. The first-order valence-electron chi connectivity index (χ1n) is 9.08. The Kier molecular flexibility index (Phi) is 7.54. The fraction of sp³-hybridized carbons (Fsp3) is 0.300. The Balaban J connectivity index is 2.30. The molecule has 2 aromatic carbocycles. The van der Waals surface area contributed by atoms with Crippen LogP contribution in [0.1, 0.15) is 26.3 Å². The third-order valence-corrected chi connectivity index (χ3v) is 5.55. The zero-order valence-electron chi connectivity index (χ0n) is 17.0. The van der Waals surface area contributed by atoms with Gasteiger partial charge in [-0.1, -0.05) is 36.4 Å². The lowest BCUT2D eigenvalue weighted by atomic mass is 10.2. The minimum absolute atomic E-state index is 0.0830. The highest BCUT2D eigenvalue weighted by atomic mass is 32.2. The molecule has 0 heterocycles. The van der Waals surface area contributed by atoms with Gasteiger partial charge in [-0.3, -0.25) is 15.3 Å². The van der Waals surface area contributed by atoms with Crippen LogP contribution < -0.4 is 10.8 Å². The minimum Gasteiger partial charge on any atom is -0.444 e. The Labute approximate surface area is 175 Å². The van der Waals surface area contributed by atoms with Gasteiger partial charge in [0.1, 0.15) is 5.60 Å². The first kappa shape index (κ1) is 23.3. The summed E-state index contributed by atoms with van der Waals surface area (Å²) in [6.45, 7) is 4.46. The number of rotatable bonds is 7. The second-order valence-corrected chi connectivity index (χ2v) is 9.39. The van der Waals surface area contributed by atoms with Crippen molar-refractivity contribution in [3.63, 3.8) is 0 Å². The molecule has 0 saturated heterocycles. The van der Waals surface area contributed by atoms with E-state index in [1.165, 1.54) is 29.7 Å². The highest BCUT2D eigenvalue weighted by molar-refractivity contribution is 7.89. The summed E-state index contributed by atoms with van der Waals surface area (Å²) >= 11 is 0. The highest BCUT2D eigenvalue weighted by Gasteiger charge is 2.27. The van der Waals surface area contributed by atoms with Crippen LogP contribution in [0.25, 0.3) is 0 Å². The molecule has 0 aromatic heterocycles. The van der Waals surface area contributed by atoms with Crippen LogP contribution in [-0.4, -0.2) is 42.1 Å². The summed E-state index contributed by atoms with van der Waals surface area (Å²) in [6.07, 6.45) is -0.724. The molecule has 0 unspecified atom stereocenters. The number of benzene rings is 2. The van der Waals surface area contributed by atoms with E-state index in [2.05, 4.69) is 5.32 Å². The van der Waals surface area contributed by atoms with Crippen molar-refractivity contribution in [2.45, 2.75) is 37.8 Å². The number of carbonyl (C=O) groups is 2. The minimum atomic E-state index is -4.13. The van der Waals surface area contributed by atoms with E-state index in [1.807, 2.05) is 0 Å². The van der Waals surface area contributed by atoms with Gasteiger partial charge in [0.05, 0.1) is 11.4 Å². The van der Waals surface area contributed by atoms with Crippen molar-refractivity contribution in [2.24, 2.45) is 0 Å². The van der Waals surface area contributed by atoms with Gasteiger partial charge in [0.2, 0.25) is 10.0 Å². The number of sulfonamides is 1. The van der Waals surface area contributed by atoms with Gasteiger partial charge in [-0.05, 0) is 44.5 Å². The van der Waals surface area contributed by atoms with E-state index in [4.69, 9.17) is 9.94 Å². The van der Waals surface area contributed by atoms with Gasteiger partial charge in [-0.2, -0.15) is 4.31 Å². The number of amides is 2. The maximum Gasteiger partial charge on any atom is 0.412 e. The van der Waals surface area contributed by atoms with Crippen molar-refractivity contribution >= 4 is 27.7 Å². The Morgan fingerprint density at radius 2 is 1.73 bits per heavy atom. The molecule has 2 rings (SSSR count).